The maximum Gasteiger partial charge on any atom is 0.335 e. The van der Waals surface area contributed by atoms with E-state index in [-0.39, 0.29) is 6.04 Å². The molecule has 0 aliphatic rings. The van der Waals surface area contributed by atoms with Crippen LogP contribution in [-0.4, -0.2) is 11.1 Å². The van der Waals surface area contributed by atoms with E-state index in [0.717, 1.165) is 12.1 Å². The van der Waals surface area contributed by atoms with Crippen LogP contribution in [0.2, 0.25) is 0 Å². The van der Waals surface area contributed by atoms with Crippen LogP contribution in [0.3, 0.4) is 0 Å². The molecule has 2 aromatic rings. The zero-order chi connectivity index (χ0) is 13.7. The van der Waals surface area contributed by atoms with E-state index >= 15 is 0 Å². The first-order valence-electron chi connectivity index (χ1n) is 6.35. The molecule has 0 amide bonds. The summed E-state index contributed by atoms with van der Waals surface area (Å²) < 4.78 is 0. The molecule has 0 aromatic heterocycles. The number of carbonyl (C=O) groups is 1. The van der Waals surface area contributed by atoms with Crippen molar-refractivity contribution in [3.05, 3.63) is 65.7 Å². The minimum Gasteiger partial charge on any atom is -0.478 e. The van der Waals surface area contributed by atoms with Crippen molar-refractivity contribution < 1.29 is 9.90 Å². The number of nitrogens with one attached hydrogen (secondary N) is 1. The molecule has 98 valence electrons. The van der Waals surface area contributed by atoms with Crippen LogP contribution in [-0.2, 0) is 0 Å². The number of anilines is 1. The van der Waals surface area contributed by atoms with Gasteiger partial charge in [-0.05, 0) is 36.2 Å². The molecule has 3 heteroatoms. The Bertz CT molecular complexity index is 534. The Hall–Kier alpha value is -2.29. The zero-order valence-electron chi connectivity index (χ0n) is 10.8. The number of carboxylic acid groups (broad SMARTS) is 1. The molecule has 0 spiro atoms. The molecule has 2 aromatic carbocycles. The second-order valence-electron chi connectivity index (χ2n) is 4.40. The van der Waals surface area contributed by atoms with Crippen molar-refractivity contribution in [3.8, 4) is 0 Å². The molecular formula is C16H17NO2. The summed E-state index contributed by atoms with van der Waals surface area (Å²) in [6.45, 7) is 2.12. The summed E-state index contributed by atoms with van der Waals surface area (Å²) in [4.78, 5) is 10.8. The lowest BCUT2D eigenvalue weighted by molar-refractivity contribution is 0.0697. The Labute approximate surface area is 112 Å². The first-order valence-corrected chi connectivity index (χ1v) is 6.35. The number of benzene rings is 2. The highest BCUT2D eigenvalue weighted by molar-refractivity contribution is 5.88. The molecule has 0 heterocycles. The third-order valence-corrected chi connectivity index (χ3v) is 3.08. The summed E-state index contributed by atoms with van der Waals surface area (Å²) in [7, 11) is 0. The Kier molecular flexibility index (Phi) is 4.18. The largest absolute Gasteiger partial charge is 0.478 e. The van der Waals surface area contributed by atoms with Gasteiger partial charge in [0.2, 0.25) is 0 Å². The summed E-state index contributed by atoms with van der Waals surface area (Å²) in [6, 6.07) is 17.3. The van der Waals surface area contributed by atoms with Crippen LogP contribution >= 0.6 is 0 Å². The lowest BCUT2D eigenvalue weighted by atomic mass is 10.0. The highest BCUT2D eigenvalue weighted by atomic mass is 16.4. The Morgan fingerprint density at radius 3 is 2.26 bits per heavy atom. The third kappa shape index (κ3) is 3.35. The molecule has 1 unspecified atom stereocenters. The van der Waals surface area contributed by atoms with Crippen molar-refractivity contribution in [1.82, 2.24) is 0 Å². The van der Waals surface area contributed by atoms with Crippen molar-refractivity contribution >= 4 is 11.7 Å². The van der Waals surface area contributed by atoms with Crippen LogP contribution in [0.15, 0.2) is 54.6 Å². The van der Waals surface area contributed by atoms with E-state index in [2.05, 4.69) is 24.4 Å². The highest BCUT2D eigenvalue weighted by Gasteiger charge is 2.09. The van der Waals surface area contributed by atoms with Gasteiger partial charge in [0.15, 0.2) is 0 Å². The Balaban J connectivity index is 2.12. The summed E-state index contributed by atoms with van der Waals surface area (Å²) in [5.74, 6) is -0.901. The van der Waals surface area contributed by atoms with Crippen LogP contribution in [0.25, 0.3) is 0 Å². The normalized spacial score (nSPS) is 11.8. The molecule has 0 aliphatic carbocycles. The average molecular weight is 255 g/mol. The average Bonchev–Trinajstić information content (AvgIpc) is 2.46. The van der Waals surface area contributed by atoms with Gasteiger partial charge in [0.1, 0.15) is 0 Å². The Morgan fingerprint density at radius 1 is 1.11 bits per heavy atom. The van der Waals surface area contributed by atoms with Crippen molar-refractivity contribution in [3.63, 3.8) is 0 Å². The minimum absolute atomic E-state index is 0.233. The predicted octanol–water partition coefficient (Wildman–Crippen LogP) is 3.95. The van der Waals surface area contributed by atoms with Crippen LogP contribution in [0.5, 0.6) is 0 Å². The van der Waals surface area contributed by atoms with Crippen LogP contribution < -0.4 is 5.32 Å². The van der Waals surface area contributed by atoms with E-state index in [1.807, 2.05) is 18.2 Å². The van der Waals surface area contributed by atoms with Gasteiger partial charge in [0.05, 0.1) is 11.6 Å². The first kappa shape index (κ1) is 13.1. The molecule has 2 rings (SSSR count). The van der Waals surface area contributed by atoms with E-state index < -0.39 is 5.97 Å². The van der Waals surface area contributed by atoms with Crippen molar-refractivity contribution in [2.24, 2.45) is 0 Å². The van der Waals surface area contributed by atoms with E-state index in [1.165, 1.54) is 5.56 Å². The number of aromatic carboxylic acids is 1. The van der Waals surface area contributed by atoms with E-state index in [4.69, 9.17) is 5.11 Å². The van der Waals surface area contributed by atoms with Gasteiger partial charge in [-0.1, -0.05) is 37.3 Å². The summed E-state index contributed by atoms with van der Waals surface area (Å²) >= 11 is 0. The number of carboxylic acids is 1. The maximum atomic E-state index is 10.8. The number of rotatable bonds is 5. The van der Waals surface area contributed by atoms with Gasteiger partial charge in [0.25, 0.3) is 0 Å². The topological polar surface area (TPSA) is 49.3 Å². The molecule has 0 saturated heterocycles. The molecule has 3 nitrogen and oxygen atoms in total. The molecule has 2 N–H and O–H groups in total. The van der Waals surface area contributed by atoms with Gasteiger partial charge in [-0.25, -0.2) is 4.79 Å². The van der Waals surface area contributed by atoms with Crippen LogP contribution in [0, 0.1) is 0 Å². The van der Waals surface area contributed by atoms with Gasteiger partial charge in [-0.15, -0.1) is 0 Å². The highest BCUT2D eigenvalue weighted by Crippen LogP contribution is 2.22. The molecule has 0 radical (unpaired) electrons. The van der Waals surface area contributed by atoms with Crippen molar-refractivity contribution in [2.45, 2.75) is 19.4 Å². The smallest absolute Gasteiger partial charge is 0.335 e. The summed E-state index contributed by atoms with van der Waals surface area (Å²) in [5, 5.41) is 12.3. The fourth-order valence-corrected chi connectivity index (χ4v) is 2.02. The number of hydrogen-bond acceptors (Lipinski definition) is 2. The second-order valence-corrected chi connectivity index (χ2v) is 4.40. The van der Waals surface area contributed by atoms with Crippen LogP contribution in [0.1, 0.15) is 35.3 Å². The van der Waals surface area contributed by atoms with Gasteiger partial charge in [-0.3, -0.25) is 0 Å². The monoisotopic (exact) mass is 255 g/mol. The third-order valence-electron chi connectivity index (χ3n) is 3.08. The van der Waals surface area contributed by atoms with Gasteiger partial charge >= 0.3 is 5.97 Å². The molecule has 1 atom stereocenters. The van der Waals surface area contributed by atoms with Crippen LogP contribution in [0.4, 0.5) is 5.69 Å². The Morgan fingerprint density at radius 2 is 1.74 bits per heavy atom. The standard InChI is InChI=1S/C16H17NO2/c1-2-15(12-6-4-3-5-7-12)17-14-10-8-13(9-11-14)16(18)19/h3-11,15,17H,2H2,1H3,(H,18,19). The molecule has 0 bridgehead atoms. The fraction of sp³-hybridized carbons (Fsp3) is 0.188. The maximum absolute atomic E-state index is 10.8. The lowest BCUT2D eigenvalue weighted by Gasteiger charge is -2.18. The van der Waals surface area contributed by atoms with Gasteiger partial charge < -0.3 is 10.4 Å². The summed E-state index contributed by atoms with van der Waals surface area (Å²) in [5.41, 5.74) is 2.46. The molecule has 19 heavy (non-hydrogen) atoms. The molecule has 0 aliphatic heterocycles. The van der Waals surface area contributed by atoms with Crippen molar-refractivity contribution in [2.75, 3.05) is 5.32 Å². The van der Waals surface area contributed by atoms with Gasteiger partial charge in [0, 0.05) is 5.69 Å². The van der Waals surface area contributed by atoms with Gasteiger partial charge in [-0.2, -0.15) is 0 Å². The van der Waals surface area contributed by atoms with E-state index in [0.29, 0.717) is 5.56 Å². The predicted molar refractivity (Wildman–Crippen MR) is 76.5 cm³/mol. The SMILES string of the molecule is CCC(Nc1ccc(C(=O)O)cc1)c1ccccc1. The van der Waals surface area contributed by atoms with Crippen molar-refractivity contribution in [1.29, 1.82) is 0 Å². The zero-order valence-corrected chi connectivity index (χ0v) is 10.8. The first-order chi connectivity index (χ1) is 9.20. The number of hydrogen-bond donors (Lipinski definition) is 2. The minimum atomic E-state index is -0.901. The second kappa shape index (κ2) is 6.05. The fourth-order valence-electron chi connectivity index (χ4n) is 2.02. The quantitative estimate of drug-likeness (QED) is 0.850. The van der Waals surface area contributed by atoms with E-state index in [9.17, 15) is 4.79 Å². The molecule has 0 fully saturated rings. The van der Waals surface area contributed by atoms with E-state index in [1.54, 1.807) is 24.3 Å². The molecular weight excluding hydrogens is 238 g/mol. The molecule has 0 saturated carbocycles. The summed E-state index contributed by atoms with van der Waals surface area (Å²) in [6.07, 6.45) is 0.963. The lowest BCUT2D eigenvalue weighted by Crippen LogP contribution is -2.09.